The number of nitrogens with one attached hydrogen (secondary N) is 1. The van der Waals surface area contributed by atoms with Crippen LogP contribution in [0.15, 0.2) is 5.38 Å². The zero-order chi connectivity index (χ0) is 13.5. The van der Waals surface area contributed by atoms with Crippen molar-refractivity contribution < 1.29 is 4.79 Å². The quantitative estimate of drug-likeness (QED) is 0.771. The Morgan fingerprint density at radius 2 is 2.17 bits per heavy atom. The highest BCUT2D eigenvalue weighted by Crippen LogP contribution is 2.21. The molecule has 0 radical (unpaired) electrons. The molecule has 0 fully saturated rings. The number of thioether (sulfide) groups is 1. The van der Waals surface area contributed by atoms with E-state index in [1.165, 1.54) is 11.3 Å². The van der Waals surface area contributed by atoms with Gasteiger partial charge in [0.15, 0.2) is 5.13 Å². The van der Waals surface area contributed by atoms with Crippen LogP contribution in [0.3, 0.4) is 0 Å². The van der Waals surface area contributed by atoms with Crippen LogP contribution in [-0.4, -0.2) is 22.4 Å². The third kappa shape index (κ3) is 5.87. The number of nitrogens with zero attached hydrogens (tertiary/aromatic N) is 1. The minimum atomic E-state index is 0.0495. The second kappa shape index (κ2) is 7.79. The van der Waals surface area contributed by atoms with Gasteiger partial charge < -0.3 is 5.32 Å². The van der Waals surface area contributed by atoms with Gasteiger partial charge in [0.05, 0.1) is 11.4 Å². The van der Waals surface area contributed by atoms with Gasteiger partial charge in [-0.3, -0.25) is 4.79 Å². The molecule has 18 heavy (non-hydrogen) atoms. The van der Waals surface area contributed by atoms with E-state index >= 15 is 0 Å². The molecule has 0 unspecified atom stereocenters. The zero-order valence-corrected chi connectivity index (χ0v) is 13.2. The van der Waals surface area contributed by atoms with Crippen LogP contribution in [0.25, 0.3) is 0 Å². The van der Waals surface area contributed by atoms with Gasteiger partial charge >= 0.3 is 0 Å². The smallest absolute Gasteiger partial charge is 0.236 e. The first kappa shape index (κ1) is 15.5. The molecule has 0 saturated heterocycles. The van der Waals surface area contributed by atoms with Crippen molar-refractivity contribution in [3.8, 4) is 0 Å². The van der Waals surface area contributed by atoms with Crippen molar-refractivity contribution in [3.63, 3.8) is 0 Å². The molecule has 0 atom stereocenters. The Morgan fingerprint density at radius 3 is 2.72 bits per heavy atom. The van der Waals surface area contributed by atoms with Crippen LogP contribution >= 0.6 is 23.1 Å². The highest BCUT2D eigenvalue weighted by Gasteiger charge is 2.08. The van der Waals surface area contributed by atoms with Crippen LogP contribution in [0.5, 0.6) is 0 Å². The van der Waals surface area contributed by atoms with E-state index in [2.05, 4.69) is 38.0 Å². The number of carbonyl (C=O) groups is 1. The second-order valence-corrected chi connectivity index (χ2v) is 6.98. The summed E-state index contributed by atoms with van der Waals surface area (Å²) in [5, 5.41) is 5.57. The molecule has 0 spiro atoms. The average Bonchev–Trinajstić information content (AvgIpc) is 2.72. The molecule has 1 rings (SSSR count). The molecular formula is C13H22N2OS2. The van der Waals surface area contributed by atoms with E-state index in [0.717, 1.165) is 17.9 Å². The Labute approximate surface area is 118 Å². The van der Waals surface area contributed by atoms with Crippen LogP contribution in [0, 0.1) is 5.92 Å². The summed E-state index contributed by atoms with van der Waals surface area (Å²) in [4.78, 5) is 16.1. The minimum Gasteiger partial charge on any atom is -0.301 e. The number of aromatic nitrogens is 1. The van der Waals surface area contributed by atoms with E-state index in [9.17, 15) is 4.79 Å². The van der Waals surface area contributed by atoms with Gasteiger partial charge in [0, 0.05) is 5.38 Å². The van der Waals surface area contributed by atoms with Gasteiger partial charge in [-0.25, -0.2) is 4.98 Å². The fraction of sp³-hybridized carbons (Fsp3) is 0.692. The van der Waals surface area contributed by atoms with Crippen LogP contribution in [0.2, 0.25) is 0 Å². The predicted octanol–water partition coefficient (Wildman–Crippen LogP) is 3.98. The molecular weight excluding hydrogens is 264 g/mol. The molecule has 1 heterocycles. The third-order valence-electron chi connectivity index (χ3n) is 2.43. The minimum absolute atomic E-state index is 0.0495. The Hall–Kier alpha value is -0.550. The van der Waals surface area contributed by atoms with E-state index in [4.69, 9.17) is 0 Å². The molecule has 0 bridgehead atoms. The molecule has 0 aliphatic heterocycles. The van der Waals surface area contributed by atoms with Crippen molar-refractivity contribution in [1.29, 1.82) is 0 Å². The van der Waals surface area contributed by atoms with E-state index in [0.29, 0.717) is 22.7 Å². The average molecular weight is 286 g/mol. The Balaban J connectivity index is 2.26. The fourth-order valence-electron chi connectivity index (χ4n) is 1.25. The maximum Gasteiger partial charge on any atom is 0.236 e. The maximum atomic E-state index is 11.7. The molecule has 1 amide bonds. The van der Waals surface area contributed by atoms with Crippen molar-refractivity contribution >= 4 is 34.1 Å². The lowest BCUT2D eigenvalue weighted by Gasteiger charge is -2.04. The van der Waals surface area contributed by atoms with Gasteiger partial charge in [0.2, 0.25) is 5.91 Å². The standard InChI is InChI=1S/C13H22N2OS2/c1-9(2)5-6-17-8-12(16)15-13-14-11(7-18-13)10(3)4/h7,9-10H,5-6,8H2,1-4H3,(H,14,15,16). The molecule has 3 nitrogen and oxygen atoms in total. The van der Waals surface area contributed by atoms with Gasteiger partial charge in [-0.1, -0.05) is 27.7 Å². The van der Waals surface area contributed by atoms with Crippen molar-refractivity contribution in [3.05, 3.63) is 11.1 Å². The monoisotopic (exact) mass is 286 g/mol. The van der Waals surface area contributed by atoms with Crippen molar-refractivity contribution in [2.75, 3.05) is 16.8 Å². The zero-order valence-electron chi connectivity index (χ0n) is 11.5. The molecule has 1 N–H and O–H groups in total. The van der Waals surface area contributed by atoms with Gasteiger partial charge in [0.25, 0.3) is 0 Å². The number of rotatable bonds is 7. The largest absolute Gasteiger partial charge is 0.301 e. The lowest BCUT2D eigenvalue weighted by atomic mass is 10.2. The van der Waals surface area contributed by atoms with E-state index in [1.54, 1.807) is 11.8 Å². The molecule has 5 heteroatoms. The van der Waals surface area contributed by atoms with Crippen molar-refractivity contribution in [1.82, 2.24) is 4.98 Å². The number of hydrogen-bond acceptors (Lipinski definition) is 4. The van der Waals surface area contributed by atoms with Crippen LogP contribution in [-0.2, 0) is 4.79 Å². The summed E-state index contributed by atoms with van der Waals surface area (Å²) in [6, 6.07) is 0. The summed E-state index contributed by atoms with van der Waals surface area (Å²) < 4.78 is 0. The highest BCUT2D eigenvalue weighted by molar-refractivity contribution is 7.99. The summed E-state index contributed by atoms with van der Waals surface area (Å²) in [7, 11) is 0. The summed E-state index contributed by atoms with van der Waals surface area (Å²) in [6.45, 7) is 8.60. The lowest BCUT2D eigenvalue weighted by Crippen LogP contribution is -2.14. The van der Waals surface area contributed by atoms with Crippen LogP contribution in [0.1, 0.15) is 45.7 Å². The Morgan fingerprint density at radius 1 is 1.44 bits per heavy atom. The second-order valence-electron chi connectivity index (χ2n) is 5.02. The number of anilines is 1. The van der Waals surface area contributed by atoms with Gasteiger partial charge in [-0.2, -0.15) is 11.8 Å². The Kier molecular flexibility index (Phi) is 6.71. The van der Waals surface area contributed by atoms with Gasteiger partial charge in [-0.15, -0.1) is 11.3 Å². The number of hydrogen-bond donors (Lipinski definition) is 1. The number of thiazole rings is 1. The summed E-state index contributed by atoms with van der Waals surface area (Å²) in [5.41, 5.74) is 1.04. The summed E-state index contributed by atoms with van der Waals surface area (Å²) in [6.07, 6.45) is 1.16. The predicted molar refractivity (Wildman–Crippen MR) is 81.6 cm³/mol. The van der Waals surface area contributed by atoms with E-state index in [-0.39, 0.29) is 5.91 Å². The SMILES string of the molecule is CC(C)CCSCC(=O)Nc1nc(C(C)C)cs1. The molecule has 1 aromatic heterocycles. The maximum absolute atomic E-state index is 11.7. The first-order chi connectivity index (χ1) is 8.49. The highest BCUT2D eigenvalue weighted by atomic mass is 32.2. The first-order valence-electron chi connectivity index (χ1n) is 6.32. The molecule has 1 aromatic rings. The summed E-state index contributed by atoms with van der Waals surface area (Å²) >= 11 is 3.18. The molecule has 0 aliphatic rings. The van der Waals surface area contributed by atoms with Gasteiger partial charge in [0.1, 0.15) is 0 Å². The molecule has 0 aromatic carbocycles. The van der Waals surface area contributed by atoms with Crippen LogP contribution in [0.4, 0.5) is 5.13 Å². The topological polar surface area (TPSA) is 42.0 Å². The number of amides is 1. The Bertz CT molecular complexity index is 375. The molecule has 0 saturated carbocycles. The molecule has 102 valence electrons. The van der Waals surface area contributed by atoms with E-state index in [1.807, 2.05) is 5.38 Å². The molecule has 0 aliphatic carbocycles. The first-order valence-corrected chi connectivity index (χ1v) is 8.35. The van der Waals surface area contributed by atoms with Gasteiger partial charge in [-0.05, 0) is 24.0 Å². The van der Waals surface area contributed by atoms with E-state index < -0.39 is 0 Å². The summed E-state index contributed by atoms with van der Waals surface area (Å²) in [5.74, 6) is 2.72. The van der Waals surface area contributed by atoms with Crippen molar-refractivity contribution in [2.45, 2.75) is 40.0 Å². The lowest BCUT2D eigenvalue weighted by molar-refractivity contribution is -0.113. The fourth-order valence-corrected chi connectivity index (χ4v) is 3.18. The van der Waals surface area contributed by atoms with Crippen LogP contribution < -0.4 is 5.32 Å². The normalized spacial score (nSPS) is 11.2. The third-order valence-corrected chi connectivity index (χ3v) is 4.20. The van der Waals surface area contributed by atoms with Crippen molar-refractivity contribution in [2.24, 2.45) is 5.92 Å². The number of carbonyl (C=O) groups excluding carboxylic acids is 1.